The third-order valence-corrected chi connectivity index (χ3v) is 3.10. The van der Waals surface area contributed by atoms with Crippen LogP contribution in [0.5, 0.6) is 17.2 Å². The standard InChI is InChI=1S/C16H18FNO3/c1-19-13-6-14(20-2)8-15(7-13)21-10-12-5-3-4-11(9-18)16(12)17/h3-8H,9-10,18H2,1-2H3. The highest BCUT2D eigenvalue weighted by atomic mass is 19.1. The lowest BCUT2D eigenvalue weighted by Gasteiger charge is -2.11. The second-order valence-corrected chi connectivity index (χ2v) is 4.43. The average molecular weight is 291 g/mol. The predicted molar refractivity (Wildman–Crippen MR) is 78.2 cm³/mol. The topological polar surface area (TPSA) is 53.7 Å². The van der Waals surface area contributed by atoms with Gasteiger partial charge < -0.3 is 19.9 Å². The minimum Gasteiger partial charge on any atom is -0.496 e. The van der Waals surface area contributed by atoms with Gasteiger partial charge in [-0.2, -0.15) is 0 Å². The highest BCUT2D eigenvalue weighted by Crippen LogP contribution is 2.28. The van der Waals surface area contributed by atoms with Crippen molar-refractivity contribution in [1.82, 2.24) is 0 Å². The first kappa shape index (κ1) is 15.1. The molecule has 0 saturated heterocycles. The van der Waals surface area contributed by atoms with Crippen LogP contribution in [0.25, 0.3) is 0 Å². The van der Waals surface area contributed by atoms with Crippen LogP contribution in [0, 0.1) is 5.82 Å². The van der Waals surface area contributed by atoms with Gasteiger partial charge in [0.15, 0.2) is 0 Å². The molecule has 2 aromatic carbocycles. The van der Waals surface area contributed by atoms with Gasteiger partial charge in [0.2, 0.25) is 0 Å². The van der Waals surface area contributed by atoms with Crippen LogP contribution in [0.4, 0.5) is 4.39 Å². The van der Waals surface area contributed by atoms with Gasteiger partial charge in [-0.15, -0.1) is 0 Å². The molecule has 2 N–H and O–H groups in total. The van der Waals surface area contributed by atoms with Crippen molar-refractivity contribution in [3.05, 3.63) is 53.3 Å². The number of methoxy groups -OCH3 is 2. The van der Waals surface area contributed by atoms with E-state index < -0.39 is 0 Å². The molecular weight excluding hydrogens is 273 g/mol. The Morgan fingerprint density at radius 2 is 1.52 bits per heavy atom. The third kappa shape index (κ3) is 3.64. The number of halogens is 1. The van der Waals surface area contributed by atoms with Crippen molar-refractivity contribution in [1.29, 1.82) is 0 Å². The van der Waals surface area contributed by atoms with Crippen LogP contribution in [0.15, 0.2) is 36.4 Å². The van der Waals surface area contributed by atoms with Gasteiger partial charge in [0.1, 0.15) is 29.7 Å². The zero-order valence-electron chi connectivity index (χ0n) is 12.1. The van der Waals surface area contributed by atoms with Gasteiger partial charge in [-0.05, 0) is 0 Å². The molecule has 0 unspecified atom stereocenters. The average Bonchev–Trinajstić information content (AvgIpc) is 2.53. The molecule has 2 rings (SSSR count). The minimum absolute atomic E-state index is 0.107. The van der Waals surface area contributed by atoms with E-state index in [2.05, 4.69) is 0 Å². The molecule has 0 amide bonds. The summed E-state index contributed by atoms with van der Waals surface area (Å²) in [6, 6.07) is 10.3. The van der Waals surface area contributed by atoms with Gasteiger partial charge in [-0.3, -0.25) is 0 Å². The molecule has 0 radical (unpaired) electrons. The van der Waals surface area contributed by atoms with Gasteiger partial charge in [0.05, 0.1) is 14.2 Å². The Morgan fingerprint density at radius 3 is 2.10 bits per heavy atom. The lowest BCUT2D eigenvalue weighted by atomic mass is 10.1. The highest BCUT2D eigenvalue weighted by Gasteiger charge is 2.08. The molecule has 0 heterocycles. The van der Waals surface area contributed by atoms with E-state index in [0.29, 0.717) is 28.4 Å². The summed E-state index contributed by atoms with van der Waals surface area (Å²) in [6.45, 7) is 0.267. The second-order valence-electron chi connectivity index (χ2n) is 4.43. The first-order valence-electron chi connectivity index (χ1n) is 6.50. The van der Waals surface area contributed by atoms with Crippen LogP contribution in [-0.4, -0.2) is 14.2 Å². The van der Waals surface area contributed by atoms with Crippen LogP contribution < -0.4 is 19.9 Å². The fourth-order valence-electron chi connectivity index (χ4n) is 1.93. The predicted octanol–water partition coefficient (Wildman–Crippen LogP) is 2.88. The van der Waals surface area contributed by atoms with Crippen molar-refractivity contribution >= 4 is 0 Å². The highest BCUT2D eigenvalue weighted by molar-refractivity contribution is 5.42. The number of hydrogen-bond donors (Lipinski definition) is 1. The summed E-state index contributed by atoms with van der Waals surface area (Å²) in [7, 11) is 3.12. The zero-order valence-corrected chi connectivity index (χ0v) is 12.1. The van der Waals surface area contributed by atoms with Crippen molar-refractivity contribution in [2.24, 2.45) is 5.73 Å². The number of rotatable bonds is 6. The van der Waals surface area contributed by atoms with E-state index in [0.717, 1.165) is 0 Å². The van der Waals surface area contributed by atoms with Crippen molar-refractivity contribution in [2.45, 2.75) is 13.2 Å². The molecule has 0 aliphatic rings. The lowest BCUT2D eigenvalue weighted by Crippen LogP contribution is -2.05. The third-order valence-electron chi connectivity index (χ3n) is 3.10. The molecular formula is C16H18FNO3. The SMILES string of the molecule is COc1cc(OC)cc(OCc2cccc(CN)c2F)c1. The van der Waals surface area contributed by atoms with Gasteiger partial charge in [-0.1, -0.05) is 18.2 Å². The quantitative estimate of drug-likeness (QED) is 0.889. The fraction of sp³-hybridized carbons (Fsp3) is 0.250. The van der Waals surface area contributed by atoms with Crippen molar-refractivity contribution in [3.63, 3.8) is 0 Å². The van der Waals surface area contributed by atoms with E-state index in [1.165, 1.54) is 0 Å². The maximum atomic E-state index is 14.1. The van der Waals surface area contributed by atoms with Crippen molar-refractivity contribution < 1.29 is 18.6 Å². The molecule has 5 heteroatoms. The van der Waals surface area contributed by atoms with Crippen LogP contribution in [-0.2, 0) is 13.2 Å². The van der Waals surface area contributed by atoms with E-state index in [9.17, 15) is 4.39 Å². The molecule has 0 bridgehead atoms. The van der Waals surface area contributed by atoms with E-state index in [1.54, 1.807) is 50.6 Å². The van der Waals surface area contributed by atoms with Crippen molar-refractivity contribution in [3.8, 4) is 17.2 Å². The summed E-state index contributed by atoms with van der Waals surface area (Å²) in [5.41, 5.74) is 6.42. The lowest BCUT2D eigenvalue weighted by molar-refractivity contribution is 0.294. The monoisotopic (exact) mass is 291 g/mol. The van der Waals surface area contributed by atoms with E-state index >= 15 is 0 Å². The normalized spacial score (nSPS) is 10.3. The van der Waals surface area contributed by atoms with Crippen LogP contribution in [0.3, 0.4) is 0 Å². The van der Waals surface area contributed by atoms with Crippen LogP contribution >= 0.6 is 0 Å². The van der Waals surface area contributed by atoms with Gasteiger partial charge in [-0.25, -0.2) is 4.39 Å². The Hall–Kier alpha value is -2.27. The Morgan fingerprint density at radius 1 is 0.952 bits per heavy atom. The smallest absolute Gasteiger partial charge is 0.134 e. The maximum absolute atomic E-state index is 14.1. The zero-order chi connectivity index (χ0) is 15.2. The first-order valence-corrected chi connectivity index (χ1v) is 6.50. The fourth-order valence-corrected chi connectivity index (χ4v) is 1.93. The van der Waals surface area contributed by atoms with Crippen LogP contribution in [0.2, 0.25) is 0 Å². The first-order chi connectivity index (χ1) is 10.2. The number of ether oxygens (including phenoxy) is 3. The summed E-state index contributed by atoms with van der Waals surface area (Å²) in [4.78, 5) is 0. The maximum Gasteiger partial charge on any atom is 0.134 e. The minimum atomic E-state index is -0.324. The number of hydrogen-bond acceptors (Lipinski definition) is 4. The van der Waals surface area contributed by atoms with Crippen molar-refractivity contribution in [2.75, 3.05) is 14.2 Å². The Labute approximate surface area is 123 Å². The molecule has 0 aliphatic heterocycles. The van der Waals surface area contributed by atoms with Gasteiger partial charge in [0, 0.05) is 35.9 Å². The largest absolute Gasteiger partial charge is 0.496 e. The molecule has 0 spiro atoms. The summed E-state index contributed by atoms with van der Waals surface area (Å²) in [5.74, 6) is 1.44. The number of benzene rings is 2. The Balaban J connectivity index is 2.16. The molecule has 4 nitrogen and oxygen atoms in total. The Kier molecular flexibility index (Phi) is 5.00. The molecule has 112 valence electrons. The molecule has 21 heavy (non-hydrogen) atoms. The Bertz CT molecular complexity index is 594. The van der Waals surface area contributed by atoms with Gasteiger partial charge in [0.25, 0.3) is 0 Å². The molecule has 0 fully saturated rings. The second kappa shape index (κ2) is 6.95. The van der Waals surface area contributed by atoms with E-state index in [-0.39, 0.29) is 19.0 Å². The van der Waals surface area contributed by atoms with Gasteiger partial charge >= 0.3 is 0 Å². The summed E-state index contributed by atoms with van der Waals surface area (Å²) in [5, 5.41) is 0. The number of nitrogens with two attached hydrogens (primary N) is 1. The molecule has 0 atom stereocenters. The molecule has 2 aromatic rings. The summed E-state index contributed by atoms with van der Waals surface area (Å²) in [6.07, 6.45) is 0. The molecule has 0 aliphatic carbocycles. The summed E-state index contributed by atoms with van der Waals surface area (Å²) < 4.78 is 30.0. The van der Waals surface area contributed by atoms with Crippen LogP contribution in [0.1, 0.15) is 11.1 Å². The summed E-state index contributed by atoms with van der Waals surface area (Å²) >= 11 is 0. The van der Waals surface area contributed by atoms with E-state index in [4.69, 9.17) is 19.9 Å². The molecule has 0 saturated carbocycles. The van der Waals surface area contributed by atoms with E-state index in [1.807, 2.05) is 0 Å². The molecule has 0 aromatic heterocycles.